The monoisotopic (exact) mass is 840 g/mol. The molecule has 0 N–H and O–H groups in total. The molecule has 266 valence electrons. The molecule has 4 heteroatoms. The van der Waals surface area contributed by atoms with Crippen molar-refractivity contribution in [3.63, 3.8) is 0 Å². The van der Waals surface area contributed by atoms with Crippen LogP contribution < -0.4 is 20.7 Å². The molecule has 4 heterocycles. The predicted octanol–water partition coefficient (Wildman–Crippen LogP) is 10.3. The van der Waals surface area contributed by atoms with E-state index in [9.17, 15) is 24.7 Å². The second-order valence-electron chi connectivity index (χ2n) is 12.5. The Labute approximate surface area is 384 Å². The van der Waals surface area contributed by atoms with Crippen LogP contribution in [0, 0.1) is 0 Å². The number of rotatable bonds is 6. The minimum atomic E-state index is -6.51. The van der Waals surface area contributed by atoms with E-state index in [1.54, 1.807) is 0 Å². The summed E-state index contributed by atoms with van der Waals surface area (Å²) >= 11 is -1.60. The van der Waals surface area contributed by atoms with Crippen molar-refractivity contribution in [1.82, 2.24) is 9.38 Å². The van der Waals surface area contributed by atoms with Gasteiger partial charge >= 0.3 is 385 Å². The van der Waals surface area contributed by atoms with Crippen LogP contribution in [0.15, 0.2) is 206 Å². The number of benzene rings is 8. The Morgan fingerprint density at radius 2 is 0.982 bits per heavy atom. The van der Waals surface area contributed by atoms with Crippen LogP contribution >= 0.6 is 0 Å². The molecule has 0 amide bonds. The first-order valence-corrected chi connectivity index (χ1v) is 20.5. The molecule has 12 aromatic rings. The predicted molar refractivity (Wildman–Crippen MR) is 245 cm³/mol. The number of nitrogens with zero attached hydrogens (tertiary/aromatic N) is 2. The van der Waals surface area contributed by atoms with Gasteiger partial charge < -0.3 is 0 Å². The number of para-hydroxylation sites is 3. The van der Waals surface area contributed by atoms with Crippen LogP contribution in [-0.2, 0) is 0 Å². The molecule has 2 nitrogen and oxygen atoms in total. The third kappa shape index (κ3) is 4.67. The van der Waals surface area contributed by atoms with Gasteiger partial charge in [-0.15, -0.1) is 0 Å². The molecule has 8 aromatic carbocycles. The van der Waals surface area contributed by atoms with E-state index in [0.29, 0.717) is 0 Å². The van der Waals surface area contributed by atoms with E-state index in [1.165, 1.54) is 0 Å². The number of hydrogen-bond acceptors (Lipinski definition) is 1. The van der Waals surface area contributed by atoms with Gasteiger partial charge in [0.15, 0.2) is 0 Å². The van der Waals surface area contributed by atoms with E-state index in [4.69, 9.17) is 21.9 Å². The van der Waals surface area contributed by atoms with Crippen LogP contribution in [0.2, 0.25) is 0 Å². The summed E-state index contributed by atoms with van der Waals surface area (Å²) in [5.74, 6) is 0. The second kappa shape index (κ2) is 12.7. The van der Waals surface area contributed by atoms with Crippen molar-refractivity contribution < 1.29 is 46.6 Å². The second-order valence-corrected chi connectivity index (χ2v) is 18.1. The molecule has 0 spiro atoms. The number of aromatic nitrogens is 2. The van der Waals surface area contributed by atoms with Crippen molar-refractivity contribution >= 4 is 101 Å². The average molecular weight is 840 g/mol. The Morgan fingerprint density at radius 1 is 0.456 bits per heavy atom. The summed E-state index contributed by atoms with van der Waals surface area (Å²) in [6.45, 7) is 0. The Bertz CT molecular complexity index is 5230. The first-order valence-electron chi connectivity index (χ1n) is 33.8. The number of fused-ring (bicyclic) bond motifs is 9. The maximum absolute atomic E-state index is 10.6. The van der Waals surface area contributed by atoms with E-state index in [-0.39, 0.29) is 30.2 Å². The molecule has 0 aliphatic rings. The van der Waals surface area contributed by atoms with Crippen molar-refractivity contribution in [1.29, 1.82) is 0 Å². The molecule has 12 rings (SSSR count). The van der Waals surface area contributed by atoms with Crippen molar-refractivity contribution in [2.45, 2.75) is 0 Å². The normalized spacial score (nSPS) is 20.6. The molecule has 0 fully saturated rings. The van der Waals surface area contributed by atoms with Gasteiger partial charge in [-0.25, -0.2) is 0 Å². The average Bonchev–Trinajstić information content (AvgIpc) is 1.67. The Kier molecular flexibility index (Phi) is 3.03. The van der Waals surface area contributed by atoms with Crippen molar-refractivity contribution in [3.05, 3.63) is 206 Å². The van der Waals surface area contributed by atoms with Crippen molar-refractivity contribution in [2.75, 3.05) is 0 Å². The summed E-state index contributed by atoms with van der Waals surface area (Å²) < 4.78 is 316. The third-order valence-corrected chi connectivity index (χ3v) is 16.1. The molecule has 0 atom stereocenters. The van der Waals surface area contributed by atoms with Gasteiger partial charge in [-0.05, 0) is 0 Å². The molecule has 4 aromatic heterocycles. The van der Waals surface area contributed by atoms with Gasteiger partial charge in [0.1, 0.15) is 0 Å². The molecule has 0 radical (unpaired) electrons. The summed E-state index contributed by atoms with van der Waals surface area (Å²) in [6.07, 6.45) is -1.16. The van der Waals surface area contributed by atoms with Gasteiger partial charge in [0.25, 0.3) is 0 Å². The quantitative estimate of drug-likeness (QED) is 0.120. The van der Waals surface area contributed by atoms with E-state index >= 15 is 0 Å². The van der Waals surface area contributed by atoms with Gasteiger partial charge in [-0.2, -0.15) is 0 Å². The molecule has 0 saturated heterocycles. The molecular formula is C53H34N2SeSi. The van der Waals surface area contributed by atoms with Gasteiger partial charge in [0, 0.05) is 0 Å². The standard InChI is InChI=1S/C53H34N2SeSi/c1-4-18-36(19-5-1)57(37-20-6-2-7-21-37,38-22-8-3-9-23-38)39-24-14-17-35(33-39)46-34-54-50(53-49(46)44-26-11-13-32-48(44)56-53)45-30-16-29-43-42-28-15-27-41-40-25-10-12-31-47(40)55(51(41)42)52(43)45/h1-34H/i1D,2D,3D,4D,5D,6D,7D,8D,9D,10D,11D,12D,13D,14D,15D,16D,17D,18D,19D,20D,21D,22D,23D,24D,25D,26D,27D,28D,29D,30D,31D,32D,33D,34D. The van der Waals surface area contributed by atoms with Gasteiger partial charge in [-0.1, -0.05) is 0 Å². The van der Waals surface area contributed by atoms with Crippen molar-refractivity contribution in [2.24, 2.45) is 0 Å². The zero-order valence-electron chi connectivity index (χ0n) is 62.3. The van der Waals surface area contributed by atoms with Crippen LogP contribution in [0.25, 0.3) is 79.8 Å². The van der Waals surface area contributed by atoms with Crippen LogP contribution in [0.5, 0.6) is 0 Å². The molecule has 57 heavy (non-hydrogen) atoms. The molecule has 0 saturated carbocycles. The fourth-order valence-corrected chi connectivity index (χ4v) is 13.4. The zero-order valence-corrected chi connectivity index (χ0v) is 31.0. The van der Waals surface area contributed by atoms with E-state index < -0.39 is 298 Å². The van der Waals surface area contributed by atoms with Crippen LogP contribution in [0.4, 0.5) is 0 Å². The van der Waals surface area contributed by atoms with Gasteiger partial charge in [-0.3, -0.25) is 0 Å². The summed E-state index contributed by atoms with van der Waals surface area (Å²) in [6, 6.07) is -34.9. The number of pyridine rings is 1. The molecular weight excluding hydrogens is 772 g/mol. The molecule has 0 aliphatic heterocycles. The van der Waals surface area contributed by atoms with Crippen LogP contribution in [0.1, 0.15) is 46.6 Å². The topological polar surface area (TPSA) is 17.3 Å². The number of hydrogen-bond donors (Lipinski definition) is 0. The minimum absolute atomic E-state index is 0.232. The Balaban J connectivity index is 1.39. The first kappa shape index (κ1) is 13.5. The van der Waals surface area contributed by atoms with E-state index in [2.05, 4.69) is 4.98 Å². The van der Waals surface area contributed by atoms with Gasteiger partial charge in [0.05, 0.1) is 0 Å². The fourth-order valence-electron chi connectivity index (χ4n) is 7.46. The summed E-state index contributed by atoms with van der Waals surface area (Å²) in [7, 11) is -6.51. The molecule has 0 bridgehead atoms. The maximum atomic E-state index is 10.6. The van der Waals surface area contributed by atoms with Gasteiger partial charge in [0.2, 0.25) is 0 Å². The van der Waals surface area contributed by atoms with Crippen LogP contribution in [-0.4, -0.2) is 32.0 Å². The summed E-state index contributed by atoms with van der Waals surface area (Å²) in [4.78, 5) is 4.65. The van der Waals surface area contributed by atoms with Crippen molar-refractivity contribution in [3.8, 4) is 22.4 Å². The van der Waals surface area contributed by atoms with E-state index in [1.807, 2.05) is 0 Å². The fraction of sp³-hybridized carbons (Fsp3) is 0. The summed E-state index contributed by atoms with van der Waals surface area (Å²) in [5.41, 5.74) is -4.08. The SMILES string of the molecule is [2H]c1nc(-c2c([2H])c([2H])c([2H])c3c4c([2H])c([2H])c([2H])c5c6c([2H])c([2H])c([2H])c([2H])c6n(c23)c54)c2[se]c3c([2H])c([2H])c([2H])c([2H])c3c2c1-c1c([2H])c([2H])c([2H])c([Si](c2c([2H])c([2H])c([2H])c([2H])c2[2H])(c2c([2H])c([2H])c([2H])c([2H])c2[2H])c2c([2H])c([2H])c([2H])c([2H])c2[2H])c1[2H]. The molecule has 0 aliphatic carbocycles. The summed E-state index contributed by atoms with van der Waals surface area (Å²) in [5, 5.41) is -7.16. The Hall–Kier alpha value is -6.55. The Morgan fingerprint density at radius 3 is 1.68 bits per heavy atom. The zero-order chi connectivity index (χ0) is 67.1. The van der Waals surface area contributed by atoms with E-state index in [0.717, 1.165) is 4.40 Å². The van der Waals surface area contributed by atoms with Crippen LogP contribution in [0.3, 0.4) is 0 Å². The first-order chi connectivity index (χ1) is 42.4. The molecule has 0 unspecified atom stereocenters. The third-order valence-electron chi connectivity index (χ3n) is 9.73.